The molecule has 5 nitrogen and oxygen atoms in total. The first kappa shape index (κ1) is 17.0. The summed E-state index contributed by atoms with van der Waals surface area (Å²) in [6.45, 7) is 0.330. The van der Waals surface area contributed by atoms with E-state index in [1.165, 1.54) is 18.2 Å². The molecule has 2 amide bonds. The van der Waals surface area contributed by atoms with Crippen molar-refractivity contribution < 1.29 is 18.7 Å². The Morgan fingerprint density at radius 2 is 2.08 bits per heavy atom. The summed E-state index contributed by atoms with van der Waals surface area (Å²) in [5.74, 6) is -0.284. The number of hydrogen-bond acceptors (Lipinski definition) is 3. The van der Waals surface area contributed by atoms with Gasteiger partial charge in [-0.05, 0) is 42.2 Å². The Hall–Kier alpha value is -2.89. The standard InChI is InChI=1S/C19H19FN2O3/c20-15-2-1-3-16(11-15)25-12-19(24)21-9-8-13-4-6-17-14(10-13)5-7-18(23)22-17/h1-4,6,10-11H,5,7-9,12H2,(H,21,24)(H,22,23). The fourth-order valence-electron chi connectivity index (χ4n) is 2.70. The quantitative estimate of drug-likeness (QED) is 0.847. The van der Waals surface area contributed by atoms with E-state index in [9.17, 15) is 14.0 Å². The van der Waals surface area contributed by atoms with Gasteiger partial charge in [0.25, 0.3) is 5.91 Å². The number of halogens is 1. The summed E-state index contributed by atoms with van der Waals surface area (Å²) >= 11 is 0. The van der Waals surface area contributed by atoms with Gasteiger partial charge in [0.2, 0.25) is 5.91 Å². The van der Waals surface area contributed by atoms with Crippen LogP contribution < -0.4 is 15.4 Å². The van der Waals surface area contributed by atoms with Gasteiger partial charge in [0.15, 0.2) is 6.61 Å². The van der Waals surface area contributed by atoms with Crippen molar-refractivity contribution >= 4 is 17.5 Å². The summed E-state index contributed by atoms with van der Waals surface area (Å²) < 4.78 is 18.3. The number of aryl methyl sites for hydroxylation is 1. The van der Waals surface area contributed by atoms with Crippen LogP contribution in [0.2, 0.25) is 0 Å². The van der Waals surface area contributed by atoms with Gasteiger partial charge in [-0.1, -0.05) is 18.2 Å². The molecule has 2 N–H and O–H groups in total. The Morgan fingerprint density at radius 3 is 2.92 bits per heavy atom. The van der Waals surface area contributed by atoms with E-state index in [1.807, 2.05) is 12.1 Å². The molecular formula is C19H19FN2O3. The Kier molecular flexibility index (Phi) is 5.28. The number of hydrogen-bond donors (Lipinski definition) is 2. The number of ether oxygens (including phenoxy) is 1. The summed E-state index contributed by atoms with van der Waals surface area (Å²) in [5, 5.41) is 5.62. The lowest BCUT2D eigenvalue weighted by atomic mass is 9.99. The molecule has 0 fully saturated rings. The molecule has 1 aliphatic rings. The number of nitrogens with one attached hydrogen (secondary N) is 2. The van der Waals surface area contributed by atoms with Crippen LogP contribution >= 0.6 is 0 Å². The SMILES string of the molecule is O=C(COc1cccc(F)c1)NCCc1ccc2c(c1)CCC(=O)N2. The highest BCUT2D eigenvalue weighted by molar-refractivity contribution is 5.93. The maximum atomic E-state index is 13.0. The average Bonchev–Trinajstić information content (AvgIpc) is 2.60. The van der Waals surface area contributed by atoms with Crippen molar-refractivity contribution in [3.63, 3.8) is 0 Å². The van der Waals surface area contributed by atoms with E-state index in [1.54, 1.807) is 6.07 Å². The Morgan fingerprint density at radius 1 is 1.20 bits per heavy atom. The van der Waals surface area contributed by atoms with Crippen molar-refractivity contribution in [2.75, 3.05) is 18.5 Å². The van der Waals surface area contributed by atoms with Crippen molar-refractivity contribution in [1.29, 1.82) is 0 Å². The number of benzene rings is 2. The third kappa shape index (κ3) is 4.79. The molecule has 1 aliphatic heterocycles. The van der Waals surface area contributed by atoms with Crippen LogP contribution in [0.3, 0.4) is 0 Å². The molecule has 25 heavy (non-hydrogen) atoms. The number of carbonyl (C=O) groups is 2. The second-order valence-electron chi connectivity index (χ2n) is 5.89. The third-order valence-electron chi connectivity index (χ3n) is 3.97. The van der Waals surface area contributed by atoms with Crippen LogP contribution in [0.1, 0.15) is 17.5 Å². The smallest absolute Gasteiger partial charge is 0.257 e. The van der Waals surface area contributed by atoms with Gasteiger partial charge in [0.05, 0.1) is 0 Å². The Labute approximate surface area is 145 Å². The molecular weight excluding hydrogens is 323 g/mol. The normalized spacial score (nSPS) is 12.9. The van der Waals surface area contributed by atoms with E-state index in [0.717, 1.165) is 23.2 Å². The van der Waals surface area contributed by atoms with Crippen molar-refractivity contribution in [2.45, 2.75) is 19.3 Å². The van der Waals surface area contributed by atoms with Crippen LogP contribution in [0, 0.1) is 5.82 Å². The van der Waals surface area contributed by atoms with Gasteiger partial charge >= 0.3 is 0 Å². The second kappa shape index (κ2) is 7.79. The van der Waals surface area contributed by atoms with Gasteiger partial charge in [0, 0.05) is 24.7 Å². The lowest BCUT2D eigenvalue weighted by Crippen LogP contribution is -2.30. The first-order valence-electron chi connectivity index (χ1n) is 8.17. The van der Waals surface area contributed by atoms with Gasteiger partial charge in [-0.15, -0.1) is 0 Å². The minimum absolute atomic E-state index is 0.0470. The first-order chi connectivity index (χ1) is 12.1. The van der Waals surface area contributed by atoms with Gasteiger partial charge in [-0.25, -0.2) is 4.39 Å². The molecule has 0 aromatic heterocycles. The summed E-state index contributed by atoms with van der Waals surface area (Å²) in [4.78, 5) is 23.1. The van der Waals surface area contributed by atoms with Crippen LogP contribution in [0.25, 0.3) is 0 Å². The zero-order valence-electron chi connectivity index (χ0n) is 13.7. The predicted octanol–water partition coefficient (Wildman–Crippen LogP) is 2.45. The highest BCUT2D eigenvalue weighted by Crippen LogP contribution is 2.23. The maximum Gasteiger partial charge on any atom is 0.257 e. The molecule has 0 aliphatic carbocycles. The molecule has 1 heterocycles. The molecule has 0 bridgehead atoms. The number of amides is 2. The minimum atomic E-state index is -0.401. The van der Waals surface area contributed by atoms with E-state index in [-0.39, 0.29) is 18.4 Å². The fraction of sp³-hybridized carbons (Fsp3) is 0.263. The zero-order chi connectivity index (χ0) is 17.6. The topological polar surface area (TPSA) is 67.4 Å². The van der Waals surface area contributed by atoms with Crippen LogP contribution in [0.4, 0.5) is 10.1 Å². The fourth-order valence-corrected chi connectivity index (χ4v) is 2.70. The predicted molar refractivity (Wildman–Crippen MR) is 92.0 cm³/mol. The van der Waals surface area contributed by atoms with Crippen molar-refractivity contribution in [3.8, 4) is 5.75 Å². The number of rotatable bonds is 6. The number of fused-ring (bicyclic) bond motifs is 1. The highest BCUT2D eigenvalue weighted by atomic mass is 19.1. The number of anilines is 1. The lowest BCUT2D eigenvalue weighted by molar-refractivity contribution is -0.123. The van der Waals surface area contributed by atoms with Gasteiger partial charge in [-0.3, -0.25) is 9.59 Å². The molecule has 0 spiro atoms. The average molecular weight is 342 g/mol. The molecule has 0 unspecified atom stereocenters. The van der Waals surface area contributed by atoms with Crippen molar-refractivity contribution in [2.24, 2.45) is 0 Å². The van der Waals surface area contributed by atoms with E-state index in [0.29, 0.717) is 25.1 Å². The molecule has 0 radical (unpaired) electrons. The van der Waals surface area contributed by atoms with Crippen LogP contribution in [0.5, 0.6) is 5.75 Å². The van der Waals surface area contributed by atoms with Crippen LogP contribution in [0.15, 0.2) is 42.5 Å². The molecule has 0 atom stereocenters. The molecule has 0 saturated carbocycles. The van der Waals surface area contributed by atoms with Crippen LogP contribution in [-0.4, -0.2) is 25.0 Å². The van der Waals surface area contributed by atoms with Crippen LogP contribution in [-0.2, 0) is 22.4 Å². The monoisotopic (exact) mass is 342 g/mol. The second-order valence-corrected chi connectivity index (χ2v) is 5.89. The lowest BCUT2D eigenvalue weighted by Gasteiger charge is -2.17. The molecule has 6 heteroatoms. The number of carbonyl (C=O) groups excluding carboxylic acids is 2. The van der Waals surface area contributed by atoms with E-state index in [4.69, 9.17) is 4.74 Å². The van der Waals surface area contributed by atoms with Crippen molar-refractivity contribution in [3.05, 3.63) is 59.4 Å². The van der Waals surface area contributed by atoms with Gasteiger partial charge < -0.3 is 15.4 Å². The third-order valence-corrected chi connectivity index (χ3v) is 3.97. The van der Waals surface area contributed by atoms with E-state index in [2.05, 4.69) is 16.7 Å². The molecule has 2 aromatic rings. The Balaban J connectivity index is 1.43. The molecule has 3 rings (SSSR count). The summed E-state index contributed by atoms with van der Waals surface area (Å²) in [6.07, 6.45) is 1.93. The summed E-state index contributed by atoms with van der Waals surface area (Å²) in [7, 11) is 0. The highest BCUT2D eigenvalue weighted by Gasteiger charge is 2.14. The van der Waals surface area contributed by atoms with E-state index < -0.39 is 5.82 Å². The largest absolute Gasteiger partial charge is 0.484 e. The molecule has 2 aromatic carbocycles. The van der Waals surface area contributed by atoms with Gasteiger partial charge in [-0.2, -0.15) is 0 Å². The zero-order valence-corrected chi connectivity index (χ0v) is 13.7. The van der Waals surface area contributed by atoms with E-state index >= 15 is 0 Å². The Bertz CT molecular complexity index is 792. The minimum Gasteiger partial charge on any atom is -0.484 e. The first-order valence-corrected chi connectivity index (χ1v) is 8.17. The van der Waals surface area contributed by atoms with Crippen molar-refractivity contribution in [1.82, 2.24) is 5.32 Å². The van der Waals surface area contributed by atoms with Gasteiger partial charge in [0.1, 0.15) is 11.6 Å². The summed E-state index contributed by atoms with van der Waals surface area (Å²) in [5.41, 5.74) is 3.09. The molecule has 0 saturated heterocycles. The maximum absolute atomic E-state index is 13.0. The summed E-state index contributed by atoms with van der Waals surface area (Å²) in [6, 6.07) is 11.6. The molecule has 130 valence electrons.